The molecule has 134 valence electrons. The lowest BCUT2D eigenvalue weighted by atomic mass is 10.0. The molecule has 1 unspecified atom stereocenters. The smallest absolute Gasteiger partial charge is 0.321 e. The molecule has 6 nitrogen and oxygen atoms in total. The fourth-order valence-corrected chi connectivity index (χ4v) is 3.50. The van der Waals surface area contributed by atoms with E-state index in [0.717, 1.165) is 48.4 Å². The van der Waals surface area contributed by atoms with Crippen LogP contribution in [0.3, 0.4) is 0 Å². The molecule has 1 atom stereocenters. The second-order valence-electron chi connectivity index (χ2n) is 6.29. The predicted octanol–water partition coefficient (Wildman–Crippen LogP) is 4.16. The SMILES string of the molecule is CCCCc1nnc(NC(=O)NC(c2ccc(OC)cc2)C2CC2)s1. The third-order valence-electron chi connectivity index (χ3n) is 4.29. The first-order valence-electron chi connectivity index (χ1n) is 8.73. The number of anilines is 1. The van der Waals surface area contributed by atoms with E-state index in [4.69, 9.17) is 4.74 Å². The zero-order valence-electron chi connectivity index (χ0n) is 14.6. The molecule has 2 N–H and O–H groups in total. The number of ether oxygens (including phenoxy) is 1. The van der Waals surface area contributed by atoms with Crippen LogP contribution in [0.2, 0.25) is 0 Å². The summed E-state index contributed by atoms with van der Waals surface area (Å²) in [4.78, 5) is 12.4. The number of methoxy groups -OCH3 is 1. The Labute approximate surface area is 152 Å². The quantitative estimate of drug-likeness (QED) is 0.741. The van der Waals surface area contributed by atoms with Gasteiger partial charge in [0.15, 0.2) is 0 Å². The van der Waals surface area contributed by atoms with Gasteiger partial charge >= 0.3 is 6.03 Å². The van der Waals surface area contributed by atoms with E-state index in [1.807, 2.05) is 24.3 Å². The Morgan fingerprint density at radius 2 is 2.08 bits per heavy atom. The molecule has 0 saturated heterocycles. The highest BCUT2D eigenvalue weighted by Crippen LogP contribution is 2.41. The van der Waals surface area contributed by atoms with Gasteiger partial charge in [-0.15, -0.1) is 10.2 Å². The van der Waals surface area contributed by atoms with Crippen molar-refractivity contribution in [3.05, 3.63) is 34.8 Å². The van der Waals surface area contributed by atoms with Crippen LogP contribution >= 0.6 is 11.3 Å². The van der Waals surface area contributed by atoms with E-state index in [9.17, 15) is 4.79 Å². The van der Waals surface area contributed by atoms with Gasteiger partial charge in [-0.3, -0.25) is 5.32 Å². The topological polar surface area (TPSA) is 76.1 Å². The number of hydrogen-bond acceptors (Lipinski definition) is 5. The molecule has 1 aliphatic rings. The van der Waals surface area contributed by atoms with Crippen molar-refractivity contribution in [2.75, 3.05) is 12.4 Å². The number of nitrogens with one attached hydrogen (secondary N) is 2. The molecule has 1 heterocycles. The van der Waals surface area contributed by atoms with E-state index in [0.29, 0.717) is 11.0 Å². The summed E-state index contributed by atoms with van der Waals surface area (Å²) in [7, 11) is 1.65. The van der Waals surface area contributed by atoms with Crippen LogP contribution in [0.15, 0.2) is 24.3 Å². The van der Waals surface area contributed by atoms with E-state index < -0.39 is 0 Å². The highest BCUT2D eigenvalue weighted by Gasteiger charge is 2.33. The van der Waals surface area contributed by atoms with E-state index in [1.54, 1.807) is 7.11 Å². The van der Waals surface area contributed by atoms with Crippen LogP contribution in [-0.2, 0) is 6.42 Å². The van der Waals surface area contributed by atoms with Crippen molar-refractivity contribution in [3.63, 3.8) is 0 Å². The number of aryl methyl sites for hydroxylation is 1. The molecule has 1 aromatic heterocycles. The molecule has 1 fully saturated rings. The summed E-state index contributed by atoms with van der Waals surface area (Å²) in [6, 6.07) is 7.65. The fraction of sp³-hybridized carbons (Fsp3) is 0.500. The number of aromatic nitrogens is 2. The van der Waals surface area contributed by atoms with Gasteiger partial charge in [0.2, 0.25) is 5.13 Å². The number of carbonyl (C=O) groups is 1. The zero-order valence-corrected chi connectivity index (χ0v) is 15.4. The van der Waals surface area contributed by atoms with Crippen molar-refractivity contribution in [2.24, 2.45) is 5.92 Å². The van der Waals surface area contributed by atoms with Gasteiger partial charge in [0.25, 0.3) is 0 Å². The first-order valence-corrected chi connectivity index (χ1v) is 9.55. The number of urea groups is 1. The second-order valence-corrected chi connectivity index (χ2v) is 7.35. The minimum atomic E-state index is -0.231. The summed E-state index contributed by atoms with van der Waals surface area (Å²) in [5.74, 6) is 1.31. The third-order valence-corrected chi connectivity index (χ3v) is 5.18. The Hall–Kier alpha value is -2.15. The number of hydrogen-bond donors (Lipinski definition) is 2. The standard InChI is InChI=1S/C18H24N4O2S/c1-3-4-5-15-21-22-18(25-15)20-17(23)19-16(12-6-7-12)13-8-10-14(24-2)11-9-13/h8-12,16H,3-7H2,1-2H3,(H2,19,20,22,23). The normalized spacial score (nSPS) is 14.8. The van der Waals surface area contributed by atoms with Crippen LogP contribution in [0.5, 0.6) is 5.75 Å². The van der Waals surface area contributed by atoms with Crippen LogP contribution in [0.25, 0.3) is 0 Å². The number of unbranched alkanes of at least 4 members (excludes halogenated alkanes) is 1. The number of carbonyl (C=O) groups excluding carboxylic acids is 1. The lowest BCUT2D eigenvalue weighted by Crippen LogP contribution is -2.33. The Balaban J connectivity index is 1.60. The molecule has 2 aromatic rings. The first-order chi connectivity index (χ1) is 12.2. The second kappa shape index (κ2) is 8.29. The highest BCUT2D eigenvalue weighted by atomic mass is 32.1. The molecule has 0 bridgehead atoms. The van der Waals surface area contributed by atoms with Crippen LogP contribution in [-0.4, -0.2) is 23.3 Å². The zero-order chi connectivity index (χ0) is 17.6. The average Bonchev–Trinajstić information content (AvgIpc) is 3.38. The van der Waals surface area contributed by atoms with Gasteiger partial charge in [-0.1, -0.05) is 36.8 Å². The Morgan fingerprint density at radius 1 is 1.32 bits per heavy atom. The van der Waals surface area contributed by atoms with Crippen LogP contribution in [0.1, 0.15) is 49.2 Å². The molecule has 0 aliphatic heterocycles. The molecule has 0 radical (unpaired) electrons. The molecule has 1 saturated carbocycles. The van der Waals surface area contributed by atoms with Crippen molar-refractivity contribution in [3.8, 4) is 5.75 Å². The van der Waals surface area contributed by atoms with E-state index in [2.05, 4.69) is 27.8 Å². The first kappa shape index (κ1) is 17.7. The number of amides is 2. The summed E-state index contributed by atoms with van der Waals surface area (Å²) >= 11 is 1.44. The van der Waals surface area contributed by atoms with Crippen molar-refractivity contribution in [1.29, 1.82) is 0 Å². The molecule has 25 heavy (non-hydrogen) atoms. The lowest BCUT2D eigenvalue weighted by molar-refractivity contribution is 0.247. The largest absolute Gasteiger partial charge is 0.497 e. The number of rotatable bonds is 8. The van der Waals surface area contributed by atoms with Gasteiger partial charge in [0.05, 0.1) is 13.2 Å². The average molecular weight is 360 g/mol. The van der Waals surface area contributed by atoms with Crippen LogP contribution in [0, 0.1) is 5.92 Å². The summed E-state index contributed by atoms with van der Waals surface area (Å²) < 4.78 is 5.20. The number of nitrogens with zero attached hydrogens (tertiary/aromatic N) is 2. The number of benzene rings is 1. The van der Waals surface area contributed by atoms with E-state index in [1.165, 1.54) is 11.3 Å². The maximum absolute atomic E-state index is 12.4. The maximum atomic E-state index is 12.4. The van der Waals surface area contributed by atoms with Gasteiger partial charge in [0.1, 0.15) is 10.8 Å². The minimum Gasteiger partial charge on any atom is -0.497 e. The molecule has 7 heteroatoms. The van der Waals surface area contributed by atoms with Crippen LogP contribution < -0.4 is 15.4 Å². The molecule has 0 spiro atoms. The Kier molecular flexibility index (Phi) is 5.86. The van der Waals surface area contributed by atoms with E-state index >= 15 is 0 Å². The van der Waals surface area contributed by atoms with Crippen LogP contribution in [0.4, 0.5) is 9.93 Å². The monoisotopic (exact) mass is 360 g/mol. The predicted molar refractivity (Wildman–Crippen MR) is 99.1 cm³/mol. The minimum absolute atomic E-state index is 0.0124. The van der Waals surface area contributed by atoms with E-state index in [-0.39, 0.29) is 12.1 Å². The maximum Gasteiger partial charge on any atom is 0.321 e. The van der Waals surface area contributed by atoms with Crippen molar-refractivity contribution in [1.82, 2.24) is 15.5 Å². The summed E-state index contributed by atoms with van der Waals surface area (Å²) in [6.45, 7) is 2.14. The molecule has 1 aromatic carbocycles. The highest BCUT2D eigenvalue weighted by molar-refractivity contribution is 7.15. The van der Waals surface area contributed by atoms with Gasteiger partial charge in [-0.05, 0) is 42.9 Å². The van der Waals surface area contributed by atoms with Gasteiger partial charge in [0, 0.05) is 6.42 Å². The van der Waals surface area contributed by atoms with Gasteiger partial charge < -0.3 is 10.1 Å². The van der Waals surface area contributed by atoms with Gasteiger partial charge in [-0.2, -0.15) is 0 Å². The molecule has 3 rings (SSSR count). The molecular weight excluding hydrogens is 336 g/mol. The molecular formula is C18H24N4O2S. The summed E-state index contributed by atoms with van der Waals surface area (Å²) in [5, 5.41) is 15.6. The van der Waals surface area contributed by atoms with Gasteiger partial charge in [-0.25, -0.2) is 4.79 Å². The fourth-order valence-electron chi connectivity index (χ4n) is 2.72. The van der Waals surface area contributed by atoms with Crippen molar-refractivity contribution >= 4 is 22.5 Å². The molecule has 1 aliphatic carbocycles. The third kappa shape index (κ3) is 4.92. The summed E-state index contributed by atoms with van der Waals surface area (Å²) in [6.07, 6.45) is 5.39. The summed E-state index contributed by atoms with van der Waals surface area (Å²) in [5.41, 5.74) is 1.10. The van der Waals surface area contributed by atoms with Crippen molar-refractivity contribution < 1.29 is 9.53 Å². The Bertz CT molecular complexity index is 697. The Morgan fingerprint density at radius 3 is 2.72 bits per heavy atom. The van der Waals surface area contributed by atoms with Crippen molar-refractivity contribution in [2.45, 2.75) is 45.1 Å². The lowest BCUT2D eigenvalue weighted by Gasteiger charge is -2.19. The molecule has 2 amide bonds.